The normalized spacial score (nSPS) is 11.2. The first-order chi connectivity index (χ1) is 9.78. The average molecular weight is 269 g/mol. The highest BCUT2D eigenvalue weighted by atomic mass is 16.5. The Kier molecular flexibility index (Phi) is 3.00. The second-order valence-corrected chi connectivity index (χ2v) is 3.99. The monoisotopic (exact) mass is 269 g/mol. The molecule has 0 saturated heterocycles. The van der Waals surface area contributed by atoms with Gasteiger partial charge in [0.05, 0.1) is 12.6 Å². The van der Waals surface area contributed by atoms with Gasteiger partial charge in [-0.05, 0) is 6.07 Å². The lowest BCUT2D eigenvalue weighted by Gasteiger charge is -1.97. The molecule has 0 fully saturated rings. The molecule has 2 aromatic heterocycles. The fourth-order valence-corrected chi connectivity index (χ4v) is 1.81. The molecule has 2 heterocycles. The summed E-state index contributed by atoms with van der Waals surface area (Å²) in [5.41, 5.74) is 1.16. The number of para-hydroxylation sites is 1. The van der Waals surface area contributed by atoms with Crippen LogP contribution in [0.25, 0.3) is 10.9 Å². The number of fused-ring (bicyclic) bond motifs is 1. The standard InChI is InChI=1S/C13H11N5O2/c1-20-11-6-10(14-7-15-11)17-18-12-8-4-2-3-5-9(8)16-13(12)19/h2-7,16,19H,1H3. The van der Waals surface area contributed by atoms with Gasteiger partial charge in [0.1, 0.15) is 6.33 Å². The quantitative estimate of drug-likeness (QED) is 0.714. The zero-order valence-electron chi connectivity index (χ0n) is 10.6. The van der Waals surface area contributed by atoms with E-state index in [1.165, 1.54) is 13.4 Å². The lowest BCUT2D eigenvalue weighted by molar-refractivity contribution is 0.397. The molecule has 20 heavy (non-hydrogen) atoms. The van der Waals surface area contributed by atoms with Crippen LogP contribution in [0.5, 0.6) is 11.8 Å². The first-order valence-corrected chi connectivity index (χ1v) is 5.85. The first kappa shape index (κ1) is 12.1. The van der Waals surface area contributed by atoms with E-state index in [9.17, 15) is 5.11 Å². The summed E-state index contributed by atoms with van der Waals surface area (Å²) >= 11 is 0. The minimum absolute atomic E-state index is 0.0315. The molecule has 0 aliphatic heterocycles. The summed E-state index contributed by atoms with van der Waals surface area (Å²) in [6, 6.07) is 8.98. The van der Waals surface area contributed by atoms with Crippen LogP contribution in [-0.2, 0) is 0 Å². The van der Waals surface area contributed by atoms with Crippen LogP contribution in [-0.4, -0.2) is 27.2 Å². The third kappa shape index (κ3) is 2.16. The number of azo groups is 1. The largest absolute Gasteiger partial charge is 0.493 e. The van der Waals surface area contributed by atoms with Gasteiger partial charge in [0.15, 0.2) is 11.5 Å². The highest BCUT2D eigenvalue weighted by Gasteiger charge is 2.09. The Labute approximate surface area is 114 Å². The summed E-state index contributed by atoms with van der Waals surface area (Å²) in [7, 11) is 1.51. The van der Waals surface area contributed by atoms with Gasteiger partial charge in [0, 0.05) is 11.5 Å². The summed E-state index contributed by atoms with van der Waals surface area (Å²) in [6.45, 7) is 0. The van der Waals surface area contributed by atoms with E-state index in [-0.39, 0.29) is 5.88 Å². The molecule has 2 N–H and O–H groups in total. The van der Waals surface area contributed by atoms with Crippen molar-refractivity contribution in [2.75, 3.05) is 7.11 Å². The van der Waals surface area contributed by atoms with Gasteiger partial charge < -0.3 is 14.8 Å². The van der Waals surface area contributed by atoms with E-state index >= 15 is 0 Å². The van der Waals surface area contributed by atoms with Gasteiger partial charge >= 0.3 is 0 Å². The van der Waals surface area contributed by atoms with Gasteiger partial charge in [-0.1, -0.05) is 18.2 Å². The Morgan fingerprint density at radius 3 is 2.90 bits per heavy atom. The van der Waals surface area contributed by atoms with Crippen LogP contribution in [0.15, 0.2) is 46.9 Å². The molecular weight excluding hydrogens is 258 g/mol. The third-order valence-electron chi connectivity index (χ3n) is 2.75. The Morgan fingerprint density at radius 2 is 2.05 bits per heavy atom. The van der Waals surface area contributed by atoms with E-state index in [2.05, 4.69) is 25.2 Å². The molecule has 0 radical (unpaired) electrons. The average Bonchev–Trinajstić information content (AvgIpc) is 2.81. The van der Waals surface area contributed by atoms with Crippen molar-refractivity contribution < 1.29 is 9.84 Å². The first-order valence-electron chi connectivity index (χ1n) is 5.85. The van der Waals surface area contributed by atoms with Crippen molar-refractivity contribution in [3.05, 3.63) is 36.7 Å². The van der Waals surface area contributed by atoms with Crippen LogP contribution in [0.1, 0.15) is 0 Å². The summed E-state index contributed by atoms with van der Waals surface area (Å²) in [6.07, 6.45) is 1.34. The Bertz CT molecular complexity index is 781. The summed E-state index contributed by atoms with van der Waals surface area (Å²) < 4.78 is 4.98. The number of hydrogen-bond acceptors (Lipinski definition) is 6. The molecule has 3 rings (SSSR count). The lowest BCUT2D eigenvalue weighted by atomic mass is 10.2. The predicted octanol–water partition coefficient (Wildman–Crippen LogP) is 3.09. The molecule has 0 saturated carbocycles. The Morgan fingerprint density at radius 1 is 1.20 bits per heavy atom. The summed E-state index contributed by atoms with van der Waals surface area (Å²) in [5.74, 6) is 0.717. The molecule has 0 amide bonds. The number of aromatic nitrogens is 3. The molecule has 1 aromatic carbocycles. The van der Waals surface area contributed by atoms with E-state index < -0.39 is 0 Å². The van der Waals surface area contributed by atoms with Crippen LogP contribution in [0.2, 0.25) is 0 Å². The maximum atomic E-state index is 9.85. The second kappa shape index (κ2) is 4.96. The number of aromatic hydroxyl groups is 1. The molecule has 0 atom stereocenters. The van der Waals surface area contributed by atoms with Crippen LogP contribution in [0.4, 0.5) is 11.5 Å². The van der Waals surface area contributed by atoms with Gasteiger partial charge in [-0.25, -0.2) is 9.97 Å². The number of nitrogens with one attached hydrogen (secondary N) is 1. The van der Waals surface area contributed by atoms with Crippen molar-refractivity contribution in [3.63, 3.8) is 0 Å². The van der Waals surface area contributed by atoms with Crippen molar-refractivity contribution in [2.24, 2.45) is 10.2 Å². The summed E-state index contributed by atoms with van der Waals surface area (Å²) in [4.78, 5) is 10.7. The highest BCUT2D eigenvalue weighted by molar-refractivity contribution is 5.94. The van der Waals surface area contributed by atoms with E-state index in [0.29, 0.717) is 17.4 Å². The Balaban J connectivity index is 2.00. The van der Waals surface area contributed by atoms with Gasteiger partial charge in [0.2, 0.25) is 11.8 Å². The zero-order chi connectivity index (χ0) is 13.9. The third-order valence-corrected chi connectivity index (χ3v) is 2.75. The number of methoxy groups -OCH3 is 1. The molecule has 0 unspecified atom stereocenters. The number of aromatic amines is 1. The highest BCUT2D eigenvalue weighted by Crippen LogP contribution is 2.35. The lowest BCUT2D eigenvalue weighted by Crippen LogP contribution is -1.86. The molecule has 7 heteroatoms. The number of ether oxygens (including phenoxy) is 1. The van der Waals surface area contributed by atoms with Crippen LogP contribution in [0.3, 0.4) is 0 Å². The van der Waals surface area contributed by atoms with Crippen LogP contribution < -0.4 is 4.74 Å². The SMILES string of the molecule is COc1cc(N=Nc2c(O)[nH]c3ccccc23)ncn1. The van der Waals surface area contributed by atoms with E-state index in [1.807, 2.05) is 24.3 Å². The Hall–Kier alpha value is -2.96. The predicted molar refractivity (Wildman–Crippen MR) is 72.7 cm³/mol. The number of hydrogen-bond donors (Lipinski definition) is 2. The molecule has 0 bridgehead atoms. The number of H-pyrrole nitrogens is 1. The van der Waals surface area contributed by atoms with Crippen molar-refractivity contribution >= 4 is 22.4 Å². The van der Waals surface area contributed by atoms with Gasteiger partial charge in [-0.15, -0.1) is 10.2 Å². The minimum atomic E-state index is -0.0315. The molecule has 0 aliphatic rings. The molecule has 100 valence electrons. The van der Waals surface area contributed by atoms with E-state index in [4.69, 9.17) is 4.74 Å². The molecule has 0 spiro atoms. The maximum Gasteiger partial charge on any atom is 0.218 e. The van der Waals surface area contributed by atoms with Crippen LogP contribution >= 0.6 is 0 Å². The molecule has 3 aromatic rings. The van der Waals surface area contributed by atoms with Crippen molar-refractivity contribution in [1.29, 1.82) is 0 Å². The van der Waals surface area contributed by atoms with E-state index in [1.54, 1.807) is 6.07 Å². The van der Waals surface area contributed by atoms with E-state index in [0.717, 1.165) is 10.9 Å². The topological polar surface area (TPSA) is 95.8 Å². The molecule has 0 aliphatic carbocycles. The number of nitrogens with zero attached hydrogens (tertiary/aromatic N) is 4. The fourth-order valence-electron chi connectivity index (χ4n) is 1.81. The van der Waals surface area contributed by atoms with Gasteiger partial charge in [-0.3, -0.25) is 0 Å². The molecule has 7 nitrogen and oxygen atoms in total. The van der Waals surface area contributed by atoms with Gasteiger partial charge in [-0.2, -0.15) is 0 Å². The summed E-state index contributed by atoms with van der Waals surface area (Å²) in [5, 5.41) is 18.7. The fraction of sp³-hybridized carbons (Fsp3) is 0.0769. The number of rotatable bonds is 3. The van der Waals surface area contributed by atoms with Crippen molar-refractivity contribution in [2.45, 2.75) is 0 Å². The smallest absolute Gasteiger partial charge is 0.218 e. The van der Waals surface area contributed by atoms with Crippen molar-refractivity contribution in [3.8, 4) is 11.8 Å². The van der Waals surface area contributed by atoms with Gasteiger partial charge in [0.25, 0.3) is 0 Å². The number of benzene rings is 1. The molecular formula is C13H11N5O2. The minimum Gasteiger partial charge on any atom is -0.493 e. The van der Waals surface area contributed by atoms with Crippen molar-refractivity contribution in [1.82, 2.24) is 15.0 Å². The zero-order valence-corrected chi connectivity index (χ0v) is 10.6. The second-order valence-electron chi connectivity index (χ2n) is 3.99. The maximum absolute atomic E-state index is 9.85. The van der Waals surface area contributed by atoms with Crippen LogP contribution in [0, 0.1) is 0 Å².